The maximum atomic E-state index is 11.8. The summed E-state index contributed by atoms with van der Waals surface area (Å²) in [6, 6.07) is 18.6. The summed E-state index contributed by atoms with van der Waals surface area (Å²) < 4.78 is 0. The van der Waals surface area contributed by atoms with Crippen molar-refractivity contribution in [1.82, 2.24) is 10.6 Å². The van der Waals surface area contributed by atoms with Gasteiger partial charge in [-0.2, -0.15) is 0 Å². The lowest BCUT2D eigenvalue weighted by Gasteiger charge is -2.17. The van der Waals surface area contributed by atoms with Crippen LogP contribution in [-0.2, 0) is 11.3 Å². The van der Waals surface area contributed by atoms with Crippen LogP contribution in [0.4, 0.5) is 5.69 Å². The highest BCUT2D eigenvalue weighted by molar-refractivity contribution is 8.00. The molecule has 0 aliphatic carbocycles. The molecule has 0 bridgehead atoms. The quantitative estimate of drug-likeness (QED) is 0.426. The second-order valence-electron chi connectivity index (χ2n) is 6.86. The zero-order chi connectivity index (χ0) is 19.8. The Bertz CT molecular complexity index is 792. The zero-order valence-corrected chi connectivity index (χ0v) is 17.3. The SMILES string of the molecule is CN=C(NCc1ccc(N2CCCC2=O)cc1)NCC(C)Sc1ccccc1. The Kier molecular flexibility index (Phi) is 7.37. The van der Waals surface area contributed by atoms with Crippen LogP contribution in [0, 0.1) is 0 Å². The average Bonchev–Trinajstić information content (AvgIpc) is 3.15. The molecule has 1 aliphatic rings. The molecule has 1 unspecified atom stereocenters. The summed E-state index contributed by atoms with van der Waals surface area (Å²) in [5, 5.41) is 7.17. The molecule has 148 valence electrons. The third-order valence-corrected chi connectivity index (χ3v) is 5.76. The number of thioether (sulfide) groups is 1. The van der Waals surface area contributed by atoms with E-state index >= 15 is 0 Å². The first kappa shape index (κ1) is 20.3. The average molecular weight is 397 g/mol. The van der Waals surface area contributed by atoms with Crippen LogP contribution < -0.4 is 15.5 Å². The van der Waals surface area contributed by atoms with Gasteiger partial charge >= 0.3 is 0 Å². The fourth-order valence-electron chi connectivity index (χ4n) is 3.13. The molecule has 0 saturated carbocycles. The van der Waals surface area contributed by atoms with Gasteiger partial charge in [0.1, 0.15) is 0 Å². The number of carbonyl (C=O) groups is 1. The van der Waals surface area contributed by atoms with Crippen LogP contribution in [0.1, 0.15) is 25.3 Å². The van der Waals surface area contributed by atoms with Gasteiger partial charge in [0.25, 0.3) is 0 Å². The Balaban J connectivity index is 1.44. The lowest BCUT2D eigenvalue weighted by Crippen LogP contribution is -2.39. The summed E-state index contributed by atoms with van der Waals surface area (Å²) in [6.07, 6.45) is 1.61. The summed E-state index contributed by atoms with van der Waals surface area (Å²) in [7, 11) is 1.78. The monoisotopic (exact) mass is 396 g/mol. The summed E-state index contributed by atoms with van der Waals surface area (Å²) in [4.78, 5) is 19.3. The second-order valence-corrected chi connectivity index (χ2v) is 8.38. The van der Waals surface area contributed by atoms with E-state index in [1.165, 1.54) is 4.90 Å². The molecule has 0 spiro atoms. The summed E-state index contributed by atoms with van der Waals surface area (Å²) in [5.41, 5.74) is 2.14. The van der Waals surface area contributed by atoms with Crippen LogP contribution >= 0.6 is 11.8 Å². The van der Waals surface area contributed by atoms with Crippen LogP contribution in [0.15, 0.2) is 64.5 Å². The lowest BCUT2D eigenvalue weighted by atomic mass is 10.2. The predicted octanol–water partition coefficient (Wildman–Crippen LogP) is 3.66. The van der Waals surface area contributed by atoms with Crippen molar-refractivity contribution >= 4 is 29.3 Å². The molecule has 1 atom stereocenters. The minimum atomic E-state index is 0.220. The van der Waals surface area contributed by atoms with E-state index in [1.54, 1.807) is 7.05 Å². The van der Waals surface area contributed by atoms with Crippen LogP contribution in [-0.4, -0.2) is 37.3 Å². The Morgan fingerprint density at radius 1 is 1.14 bits per heavy atom. The number of anilines is 1. The first-order chi connectivity index (χ1) is 13.7. The van der Waals surface area contributed by atoms with Gasteiger partial charge in [-0.15, -0.1) is 11.8 Å². The van der Waals surface area contributed by atoms with Crippen molar-refractivity contribution in [2.24, 2.45) is 4.99 Å². The fourth-order valence-corrected chi connectivity index (χ4v) is 4.08. The number of carbonyl (C=O) groups excluding carboxylic acids is 1. The van der Waals surface area contributed by atoms with E-state index in [0.717, 1.165) is 36.7 Å². The number of benzene rings is 2. The van der Waals surface area contributed by atoms with Gasteiger partial charge in [0.05, 0.1) is 0 Å². The molecule has 28 heavy (non-hydrogen) atoms. The van der Waals surface area contributed by atoms with Crippen molar-refractivity contribution in [3.05, 3.63) is 60.2 Å². The number of nitrogens with one attached hydrogen (secondary N) is 2. The molecule has 5 nitrogen and oxygen atoms in total. The minimum absolute atomic E-state index is 0.220. The summed E-state index contributed by atoms with van der Waals surface area (Å²) in [6.45, 7) is 4.55. The number of aliphatic imine (C=N–C) groups is 1. The third-order valence-electron chi connectivity index (χ3n) is 4.64. The topological polar surface area (TPSA) is 56.7 Å². The van der Waals surface area contributed by atoms with E-state index in [2.05, 4.69) is 58.9 Å². The third kappa shape index (κ3) is 5.76. The van der Waals surface area contributed by atoms with Gasteiger partial charge in [-0.1, -0.05) is 37.3 Å². The van der Waals surface area contributed by atoms with Crippen molar-refractivity contribution in [3.63, 3.8) is 0 Å². The highest BCUT2D eigenvalue weighted by atomic mass is 32.2. The van der Waals surface area contributed by atoms with Gasteiger partial charge < -0.3 is 15.5 Å². The molecule has 1 aliphatic heterocycles. The van der Waals surface area contributed by atoms with E-state index in [4.69, 9.17) is 0 Å². The van der Waals surface area contributed by atoms with E-state index in [9.17, 15) is 4.79 Å². The number of guanidine groups is 1. The summed E-state index contributed by atoms with van der Waals surface area (Å²) >= 11 is 1.85. The van der Waals surface area contributed by atoms with E-state index in [0.29, 0.717) is 18.2 Å². The van der Waals surface area contributed by atoms with Gasteiger partial charge in [-0.25, -0.2) is 0 Å². The van der Waals surface area contributed by atoms with E-state index in [1.807, 2.05) is 34.9 Å². The van der Waals surface area contributed by atoms with Crippen molar-refractivity contribution < 1.29 is 4.79 Å². The Morgan fingerprint density at radius 2 is 1.89 bits per heavy atom. The van der Waals surface area contributed by atoms with Crippen molar-refractivity contribution in [2.45, 2.75) is 36.5 Å². The molecule has 2 aromatic rings. The number of amides is 1. The number of hydrogen-bond acceptors (Lipinski definition) is 3. The molecule has 1 saturated heterocycles. The Morgan fingerprint density at radius 3 is 2.54 bits per heavy atom. The van der Waals surface area contributed by atoms with Gasteiger partial charge in [-0.3, -0.25) is 9.79 Å². The standard InChI is InChI=1S/C22H28N4OS/c1-17(28-20-7-4-3-5-8-20)15-24-22(23-2)25-16-18-10-12-19(13-11-18)26-14-6-9-21(26)27/h3-5,7-8,10-13,17H,6,9,14-16H2,1-2H3,(H2,23,24,25). The molecule has 6 heteroatoms. The molecule has 3 rings (SSSR count). The van der Waals surface area contributed by atoms with Gasteiger partial charge in [0.2, 0.25) is 5.91 Å². The Hall–Kier alpha value is -2.47. The predicted molar refractivity (Wildman–Crippen MR) is 118 cm³/mol. The maximum absolute atomic E-state index is 11.8. The van der Waals surface area contributed by atoms with Crippen molar-refractivity contribution in [3.8, 4) is 0 Å². The molecular weight excluding hydrogens is 368 g/mol. The molecule has 2 N–H and O–H groups in total. The van der Waals surface area contributed by atoms with Crippen molar-refractivity contribution in [2.75, 3.05) is 25.0 Å². The molecule has 1 heterocycles. The molecule has 1 fully saturated rings. The molecule has 0 radical (unpaired) electrons. The Labute approximate surface area is 171 Å². The van der Waals surface area contributed by atoms with Crippen molar-refractivity contribution in [1.29, 1.82) is 0 Å². The van der Waals surface area contributed by atoms with Crippen LogP contribution in [0.25, 0.3) is 0 Å². The number of hydrogen-bond donors (Lipinski definition) is 2. The maximum Gasteiger partial charge on any atom is 0.227 e. The highest BCUT2D eigenvalue weighted by Gasteiger charge is 2.21. The molecule has 0 aromatic heterocycles. The fraction of sp³-hybridized carbons (Fsp3) is 0.364. The minimum Gasteiger partial charge on any atom is -0.355 e. The summed E-state index contributed by atoms with van der Waals surface area (Å²) in [5.74, 6) is 1.01. The van der Waals surface area contributed by atoms with Crippen LogP contribution in [0.5, 0.6) is 0 Å². The molecule has 1 amide bonds. The van der Waals surface area contributed by atoms with Gasteiger partial charge in [0.15, 0.2) is 5.96 Å². The highest BCUT2D eigenvalue weighted by Crippen LogP contribution is 2.22. The second kappa shape index (κ2) is 10.2. The van der Waals surface area contributed by atoms with E-state index < -0.39 is 0 Å². The first-order valence-electron chi connectivity index (χ1n) is 9.71. The number of rotatable bonds is 7. The van der Waals surface area contributed by atoms with Gasteiger partial charge in [-0.05, 0) is 36.2 Å². The van der Waals surface area contributed by atoms with Crippen LogP contribution in [0.2, 0.25) is 0 Å². The molecular formula is C22H28N4OS. The largest absolute Gasteiger partial charge is 0.355 e. The number of nitrogens with zero attached hydrogens (tertiary/aromatic N) is 2. The van der Waals surface area contributed by atoms with Crippen LogP contribution in [0.3, 0.4) is 0 Å². The first-order valence-corrected chi connectivity index (χ1v) is 10.6. The van der Waals surface area contributed by atoms with Gasteiger partial charge in [0, 0.05) is 48.9 Å². The zero-order valence-electron chi connectivity index (χ0n) is 16.5. The van der Waals surface area contributed by atoms with E-state index in [-0.39, 0.29) is 5.91 Å². The smallest absolute Gasteiger partial charge is 0.227 e. The molecule has 2 aromatic carbocycles. The lowest BCUT2D eigenvalue weighted by molar-refractivity contribution is -0.117. The normalized spacial score (nSPS) is 15.6.